The van der Waals surface area contributed by atoms with Crippen LogP contribution in [-0.4, -0.2) is 27.9 Å². The number of benzene rings is 3. The van der Waals surface area contributed by atoms with Gasteiger partial charge >= 0.3 is 0 Å². The fourth-order valence-electron chi connectivity index (χ4n) is 4.05. The summed E-state index contributed by atoms with van der Waals surface area (Å²) in [6.45, 7) is 2.71. The average molecular weight is 486 g/mol. The number of hydrogen-bond donors (Lipinski definition) is 2. The summed E-state index contributed by atoms with van der Waals surface area (Å²) in [6.07, 6.45) is 1.29. The van der Waals surface area contributed by atoms with Crippen LogP contribution in [0, 0.1) is 18.6 Å². The van der Waals surface area contributed by atoms with Gasteiger partial charge in [0.05, 0.1) is 10.6 Å². The molecule has 9 heteroatoms. The molecule has 0 aliphatic carbocycles. The molecule has 4 rings (SSSR count). The van der Waals surface area contributed by atoms with Crippen molar-refractivity contribution in [1.82, 2.24) is 5.32 Å². The number of nitrogens with one attached hydrogen (secondary N) is 2. The summed E-state index contributed by atoms with van der Waals surface area (Å²) in [6, 6.07) is 13.0. The highest BCUT2D eigenvalue weighted by Crippen LogP contribution is 2.34. The van der Waals surface area contributed by atoms with Gasteiger partial charge in [-0.3, -0.25) is 9.10 Å². The molecule has 0 unspecified atom stereocenters. The number of para-hydroxylation sites is 1. The SMILES string of the molecule is CNCc1cc(S(=O)(=O)N2CCCc3ccc(C(=O)Nc4c(F)cccc4F)cc32)ccc1C. The second-order valence-corrected chi connectivity index (χ2v) is 10.1. The first-order valence-corrected chi connectivity index (χ1v) is 12.3. The molecule has 0 saturated carbocycles. The van der Waals surface area contributed by atoms with Gasteiger partial charge in [0, 0.05) is 18.7 Å². The molecule has 0 radical (unpaired) electrons. The van der Waals surface area contributed by atoms with Gasteiger partial charge in [0.25, 0.3) is 15.9 Å². The number of amides is 1. The van der Waals surface area contributed by atoms with Crippen molar-refractivity contribution in [2.75, 3.05) is 23.2 Å². The Morgan fingerprint density at radius 2 is 1.79 bits per heavy atom. The zero-order valence-electron chi connectivity index (χ0n) is 18.9. The number of carbonyl (C=O) groups is 1. The van der Waals surface area contributed by atoms with Crippen molar-refractivity contribution in [2.45, 2.75) is 31.2 Å². The summed E-state index contributed by atoms with van der Waals surface area (Å²) in [5.41, 5.74) is 2.58. The van der Waals surface area contributed by atoms with Crippen LogP contribution < -0.4 is 14.9 Å². The van der Waals surface area contributed by atoms with E-state index in [0.29, 0.717) is 25.1 Å². The van der Waals surface area contributed by atoms with Gasteiger partial charge in [0.15, 0.2) is 0 Å². The van der Waals surface area contributed by atoms with Gasteiger partial charge in [-0.25, -0.2) is 17.2 Å². The second-order valence-electron chi connectivity index (χ2n) is 8.19. The molecule has 1 aliphatic rings. The fourth-order valence-corrected chi connectivity index (χ4v) is 5.64. The molecule has 0 aromatic heterocycles. The minimum atomic E-state index is -3.89. The highest BCUT2D eigenvalue weighted by molar-refractivity contribution is 7.92. The zero-order chi connectivity index (χ0) is 24.5. The summed E-state index contributed by atoms with van der Waals surface area (Å²) in [4.78, 5) is 12.9. The molecule has 0 fully saturated rings. The Bertz CT molecular complexity index is 1340. The normalized spacial score (nSPS) is 13.5. The summed E-state index contributed by atoms with van der Waals surface area (Å²) in [7, 11) is -2.10. The van der Waals surface area contributed by atoms with E-state index in [4.69, 9.17) is 0 Å². The number of fused-ring (bicyclic) bond motifs is 1. The summed E-state index contributed by atoms with van der Waals surface area (Å²) >= 11 is 0. The van der Waals surface area contributed by atoms with Crippen molar-refractivity contribution in [3.8, 4) is 0 Å². The maximum absolute atomic E-state index is 14.0. The van der Waals surface area contributed by atoms with Gasteiger partial charge in [0.2, 0.25) is 0 Å². The Hall–Kier alpha value is -3.30. The van der Waals surface area contributed by atoms with Crippen molar-refractivity contribution in [3.63, 3.8) is 0 Å². The van der Waals surface area contributed by atoms with Crippen LogP contribution >= 0.6 is 0 Å². The van der Waals surface area contributed by atoms with Crippen molar-refractivity contribution in [2.24, 2.45) is 0 Å². The minimum absolute atomic E-state index is 0.100. The largest absolute Gasteiger partial charge is 0.317 e. The van der Waals surface area contributed by atoms with Gasteiger partial charge in [-0.2, -0.15) is 0 Å². The molecule has 0 spiro atoms. The van der Waals surface area contributed by atoms with Crippen LogP contribution in [0.3, 0.4) is 0 Å². The third-order valence-electron chi connectivity index (χ3n) is 5.90. The third kappa shape index (κ3) is 4.53. The predicted octanol–water partition coefficient (Wildman–Crippen LogP) is 4.39. The van der Waals surface area contributed by atoms with Gasteiger partial charge in [-0.05, 0) is 79.9 Å². The molecule has 178 valence electrons. The number of hydrogen-bond acceptors (Lipinski definition) is 4. The Morgan fingerprint density at radius 1 is 1.06 bits per heavy atom. The Kier molecular flexibility index (Phi) is 6.67. The highest BCUT2D eigenvalue weighted by Gasteiger charge is 2.30. The van der Waals surface area contributed by atoms with Crippen molar-refractivity contribution >= 4 is 27.3 Å². The molecule has 3 aromatic carbocycles. The van der Waals surface area contributed by atoms with Gasteiger partial charge < -0.3 is 10.6 Å². The lowest BCUT2D eigenvalue weighted by Crippen LogP contribution is -2.36. The summed E-state index contributed by atoms with van der Waals surface area (Å²) in [5, 5.41) is 5.29. The van der Waals surface area contributed by atoms with Crippen LogP contribution in [0.1, 0.15) is 33.5 Å². The maximum Gasteiger partial charge on any atom is 0.264 e. The van der Waals surface area contributed by atoms with E-state index in [9.17, 15) is 22.0 Å². The molecular formula is C25H25F2N3O3S. The zero-order valence-corrected chi connectivity index (χ0v) is 19.7. The highest BCUT2D eigenvalue weighted by atomic mass is 32.2. The average Bonchev–Trinajstić information content (AvgIpc) is 2.82. The molecule has 1 aliphatic heterocycles. The van der Waals surface area contributed by atoms with Crippen LogP contribution in [0.2, 0.25) is 0 Å². The first-order chi connectivity index (χ1) is 16.2. The topological polar surface area (TPSA) is 78.5 Å². The number of aryl methyl sites for hydroxylation is 2. The lowest BCUT2D eigenvalue weighted by molar-refractivity contribution is 0.102. The Morgan fingerprint density at radius 3 is 2.50 bits per heavy atom. The molecule has 1 heterocycles. The fraction of sp³-hybridized carbons (Fsp3) is 0.240. The molecule has 1 amide bonds. The summed E-state index contributed by atoms with van der Waals surface area (Å²) in [5.74, 6) is -2.53. The molecular weight excluding hydrogens is 460 g/mol. The molecule has 2 N–H and O–H groups in total. The standard InChI is InChI=1S/C25H25F2N3O3S/c1-16-8-11-20(13-19(16)15-28-2)34(32,33)30-12-4-5-17-9-10-18(14-23(17)30)25(31)29-24-21(26)6-3-7-22(24)27/h3,6-11,13-14,28H,4-5,12,15H2,1-2H3,(H,29,31). The van der Waals surface area contributed by atoms with Crippen LogP contribution in [0.5, 0.6) is 0 Å². The number of rotatable bonds is 6. The molecule has 3 aromatic rings. The molecule has 0 saturated heterocycles. The van der Waals surface area contributed by atoms with E-state index in [-0.39, 0.29) is 17.0 Å². The van der Waals surface area contributed by atoms with Gasteiger partial charge in [-0.15, -0.1) is 0 Å². The van der Waals surface area contributed by atoms with E-state index in [0.717, 1.165) is 28.8 Å². The Labute approximate surface area is 197 Å². The van der Waals surface area contributed by atoms with E-state index >= 15 is 0 Å². The maximum atomic E-state index is 14.0. The smallest absolute Gasteiger partial charge is 0.264 e. The first kappa shape index (κ1) is 23.8. The molecule has 6 nitrogen and oxygen atoms in total. The number of anilines is 2. The van der Waals surface area contributed by atoms with Crippen LogP contribution in [0.25, 0.3) is 0 Å². The lowest BCUT2D eigenvalue weighted by Gasteiger charge is -2.31. The quantitative estimate of drug-likeness (QED) is 0.543. The second kappa shape index (κ2) is 9.52. The van der Waals surface area contributed by atoms with Crippen molar-refractivity contribution in [3.05, 3.63) is 88.5 Å². The first-order valence-electron chi connectivity index (χ1n) is 10.9. The third-order valence-corrected chi connectivity index (χ3v) is 7.71. The van der Waals surface area contributed by atoms with Gasteiger partial charge in [-0.1, -0.05) is 18.2 Å². The van der Waals surface area contributed by atoms with E-state index < -0.39 is 33.3 Å². The van der Waals surface area contributed by atoms with E-state index in [1.54, 1.807) is 31.3 Å². The number of nitrogens with zero attached hydrogens (tertiary/aromatic N) is 1. The lowest BCUT2D eigenvalue weighted by atomic mass is 10.0. The van der Waals surface area contributed by atoms with E-state index in [1.807, 2.05) is 6.92 Å². The predicted molar refractivity (Wildman–Crippen MR) is 128 cm³/mol. The number of halogens is 2. The number of carbonyl (C=O) groups excluding carboxylic acids is 1. The van der Waals surface area contributed by atoms with E-state index in [2.05, 4.69) is 10.6 Å². The monoisotopic (exact) mass is 485 g/mol. The van der Waals surface area contributed by atoms with Crippen molar-refractivity contribution < 1.29 is 22.0 Å². The minimum Gasteiger partial charge on any atom is -0.317 e. The Balaban J connectivity index is 1.70. The molecule has 0 atom stereocenters. The van der Waals surface area contributed by atoms with Gasteiger partial charge in [0.1, 0.15) is 17.3 Å². The number of sulfonamides is 1. The van der Waals surface area contributed by atoms with Crippen LogP contribution in [0.15, 0.2) is 59.5 Å². The van der Waals surface area contributed by atoms with Crippen LogP contribution in [0.4, 0.5) is 20.2 Å². The van der Waals surface area contributed by atoms with E-state index in [1.165, 1.54) is 22.5 Å². The van der Waals surface area contributed by atoms with Crippen LogP contribution in [-0.2, 0) is 23.0 Å². The molecule has 0 bridgehead atoms. The molecule has 34 heavy (non-hydrogen) atoms. The summed E-state index contributed by atoms with van der Waals surface area (Å²) < 4.78 is 56.4. The van der Waals surface area contributed by atoms with Crippen molar-refractivity contribution in [1.29, 1.82) is 0 Å².